The SMILES string of the molecule is COCC(=O)Cc1nc(C2CCCS2)no1. The predicted octanol–water partition coefficient (Wildman–Crippen LogP) is 1.40. The first-order valence-electron chi connectivity index (χ1n) is 5.24. The number of methoxy groups -OCH3 is 1. The van der Waals surface area contributed by atoms with Crippen molar-refractivity contribution in [1.29, 1.82) is 0 Å². The Labute approximate surface area is 97.9 Å². The Balaban J connectivity index is 1.93. The van der Waals surface area contributed by atoms with Crippen LogP contribution >= 0.6 is 11.8 Å². The van der Waals surface area contributed by atoms with Gasteiger partial charge in [0, 0.05) is 7.11 Å². The van der Waals surface area contributed by atoms with Crippen LogP contribution in [-0.2, 0) is 16.0 Å². The Morgan fingerprint density at radius 2 is 2.56 bits per heavy atom. The minimum Gasteiger partial charge on any atom is -0.377 e. The van der Waals surface area contributed by atoms with Gasteiger partial charge in [-0.2, -0.15) is 16.7 Å². The molecule has 1 aliphatic heterocycles. The van der Waals surface area contributed by atoms with E-state index < -0.39 is 0 Å². The lowest BCUT2D eigenvalue weighted by Crippen LogP contribution is -2.09. The molecule has 1 saturated heterocycles. The number of hydrogen-bond donors (Lipinski definition) is 0. The fourth-order valence-corrected chi connectivity index (χ4v) is 2.83. The van der Waals surface area contributed by atoms with Gasteiger partial charge < -0.3 is 9.26 Å². The normalized spacial score (nSPS) is 20.2. The first-order valence-corrected chi connectivity index (χ1v) is 6.29. The van der Waals surface area contributed by atoms with Gasteiger partial charge >= 0.3 is 0 Å². The molecule has 0 saturated carbocycles. The van der Waals surface area contributed by atoms with E-state index in [1.165, 1.54) is 13.5 Å². The molecule has 5 nitrogen and oxygen atoms in total. The number of hydrogen-bond acceptors (Lipinski definition) is 6. The van der Waals surface area contributed by atoms with Crippen molar-refractivity contribution in [1.82, 2.24) is 10.1 Å². The zero-order valence-electron chi connectivity index (χ0n) is 9.14. The molecule has 1 aromatic rings. The molecule has 16 heavy (non-hydrogen) atoms. The lowest BCUT2D eigenvalue weighted by atomic mass is 10.2. The van der Waals surface area contributed by atoms with E-state index in [0.717, 1.165) is 18.0 Å². The summed E-state index contributed by atoms with van der Waals surface area (Å²) in [6.45, 7) is 0.0931. The van der Waals surface area contributed by atoms with Crippen molar-refractivity contribution in [3.63, 3.8) is 0 Å². The molecule has 0 radical (unpaired) electrons. The highest BCUT2D eigenvalue weighted by molar-refractivity contribution is 7.99. The monoisotopic (exact) mass is 242 g/mol. The van der Waals surface area contributed by atoms with Crippen molar-refractivity contribution in [3.8, 4) is 0 Å². The summed E-state index contributed by atoms with van der Waals surface area (Å²) in [4.78, 5) is 15.5. The van der Waals surface area contributed by atoms with Crippen molar-refractivity contribution >= 4 is 17.5 Å². The molecule has 2 heterocycles. The molecular formula is C10H14N2O3S. The molecule has 6 heteroatoms. The van der Waals surface area contributed by atoms with Crippen LogP contribution in [0.3, 0.4) is 0 Å². The third kappa shape index (κ3) is 2.82. The van der Waals surface area contributed by atoms with Crippen LogP contribution in [0.15, 0.2) is 4.52 Å². The van der Waals surface area contributed by atoms with Crippen LogP contribution in [0.1, 0.15) is 29.8 Å². The lowest BCUT2D eigenvalue weighted by molar-refractivity contribution is -0.122. The number of ketones is 1. The van der Waals surface area contributed by atoms with E-state index in [0.29, 0.717) is 11.1 Å². The highest BCUT2D eigenvalue weighted by atomic mass is 32.2. The third-order valence-electron chi connectivity index (χ3n) is 2.36. The number of rotatable bonds is 5. The molecule has 0 aromatic carbocycles. The molecule has 0 bridgehead atoms. The number of ether oxygens (including phenoxy) is 1. The van der Waals surface area contributed by atoms with Crippen LogP contribution in [0.25, 0.3) is 0 Å². The first kappa shape index (κ1) is 11.6. The maximum Gasteiger partial charge on any atom is 0.234 e. The van der Waals surface area contributed by atoms with Gasteiger partial charge in [0.1, 0.15) is 6.61 Å². The van der Waals surface area contributed by atoms with Gasteiger partial charge in [-0.3, -0.25) is 4.79 Å². The Morgan fingerprint density at radius 1 is 1.69 bits per heavy atom. The Hall–Kier alpha value is -0.880. The summed E-state index contributed by atoms with van der Waals surface area (Å²) >= 11 is 1.84. The van der Waals surface area contributed by atoms with E-state index in [2.05, 4.69) is 10.1 Å². The molecule has 1 unspecified atom stereocenters. The fourth-order valence-electron chi connectivity index (χ4n) is 1.63. The van der Waals surface area contributed by atoms with Crippen molar-refractivity contribution in [2.75, 3.05) is 19.5 Å². The number of thioether (sulfide) groups is 1. The van der Waals surface area contributed by atoms with Crippen LogP contribution in [0, 0.1) is 0 Å². The van der Waals surface area contributed by atoms with E-state index in [1.54, 1.807) is 0 Å². The topological polar surface area (TPSA) is 65.2 Å². The Bertz CT molecular complexity index is 361. The summed E-state index contributed by atoms with van der Waals surface area (Å²) in [5.41, 5.74) is 0. The first-order chi connectivity index (χ1) is 7.79. The predicted molar refractivity (Wildman–Crippen MR) is 59.3 cm³/mol. The summed E-state index contributed by atoms with van der Waals surface area (Å²) < 4.78 is 9.78. The summed E-state index contributed by atoms with van der Waals surface area (Å²) in [7, 11) is 1.49. The third-order valence-corrected chi connectivity index (χ3v) is 3.73. The molecule has 0 spiro atoms. The summed E-state index contributed by atoms with van der Waals surface area (Å²) in [5.74, 6) is 2.22. The molecular weight excluding hydrogens is 228 g/mol. The second kappa shape index (κ2) is 5.45. The van der Waals surface area contributed by atoms with Gasteiger partial charge in [-0.25, -0.2) is 0 Å². The van der Waals surface area contributed by atoms with Gasteiger partial charge in [-0.1, -0.05) is 5.16 Å². The Morgan fingerprint density at radius 3 is 3.25 bits per heavy atom. The van der Waals surface area contributed by atoms with E-state index in [9.17, 15) is 4.79 Å². The molecule has 1 atom stereocenters. The quantitative estimate of drug-likeness (QED) is 0.777. The molecule has 2 rings (SSSR count). The average molecular weight is 242 g/mol. The number of Topliss-reactive ketones (excluding diaryl/α,β-unsaturated/α-hetero) is 1. The summed E-state index contributed by atoms with van der Waals surface area (Å²) in [6, 6.07) is 0. The number of carbonyl (C=O) groups is 1. The molecule has 1 aliphatic rings. The van der Waals surface area contributed by atoms with E-state index in [-0.39, 0.29) is 18.8 Å². The molecule has 0 amide bonds. The van der Waals surface area contributed by atoms with Gasteiger partial charge in [0.05, 0.1) is 11.7 Å². The van der Waals surface area contributed by atoms with Crippen LogP contribution in [0.5, 0.6) is 0 Å². The van der Waals surface area contributed by atoms with Crippen molar-refractivity contribution in [2.45, 2.75) is 24.5 Å². The van der Waals surface area contributed by atoms with Crippen LogP contribution in [0.4, 0.5) is 0 Å². The van der Waals surface area contributed by atoms with Crippen LogP contribution in [0.2, 0.25) is 0 Å². The minimum atomic E-state index is -0.0447. The van der Waals surface area contributed by atoms with E-state index in [4.69, 9.17) is 9.26 Å². The standard InChI is InChI=1S/C10H14N2O3S/c1-14-6-7(13)5-9-11-10(12-15-9)8-3-2-4-16-8/h8H,2-6H2,1H3. The van der Waals surface area contributed by atoms with Gasteiger partial charge in [0.25, 0.3) is 0 Å². The number of nitrogens with zero attached hydrogens (tertiary/aromatic N) is 2. The van der Waals surface area contributed by atoms with Crippen molar-refractivity contribution < 1.29 is 14.1 Å². The molecule has 0 aliphatic carbocycles. The second-order valence-electron chi connectivity index (χ2n) is 3.70. The van der Waals surface area contributed by atoms with Gasteiger partial charge in [-0.05, 0) is 18.6 Å². The molecule has 1 aromatic heterocycles. The summed E-state index contributed by atoms with van der Waals surface area (Å²) in [6.07, 6.45) is 2.45. The second-order valence-corrected chi connectivity index (χ2v) is 5.01. The van der Waals surface area contributed by atoms with E-state index >= 15 is 0 Å². The largest absolute Gasteiger partial charge is 0.377 e. The zero-order valence-corrected chi connectivity index (χ0v) is 9.96. The highest BCUT2D eigenvalue weighted by Gasteiger charge is 2.23. The van der Waals surface area contributed by atoms with Gasteiger partial charge in [0.15, 0.2) is 11.6 Å². The van der Waals surface area contributed by atoms with E-state index in [1.807, 2.05) is 11.8 Å². The van der Waals surface area contributed by atoms with Crippen LogP contribution in [-0.4, -0.2) is 35.4 Å². The molecule has 1 fully saturated rings. The Kier molecular flexibility index (Phi) is 3.95. The number of aromatic nitrogens is 2. The molecule has 0 N–H and O–H groups in total. The number of carbonyl (C=O) groups excluding carboxylic acids is 1. The smallest absolute Gasteiger partial charge is 0.234 e. The maximum absolute atomic E-state index is 11.3. The zero-order chi connectivity index (χ0) is 11.4. The van der Waals surface area contributed by atoms with Crippen LogP contribution < -0.4 is 0 Å². The fraction of sp³-hybridized carbons (Fsp3) is 0.700. The average Bonchev–Trinajstić information content (AvgIpc) is 2.86. The molecule has 88 valence electrons. The lowest BCUT2D eigenvalue weighted by Gasteiger charge is -1.99. The highest BCUT2D eigenvalue weighted by Crippen LogP contribution is 2.38. The van der Waals surface area contributed by atoms with Gasteiger partial charge in [-0.15, -0.1) is 0 Å². The maximum atomic E-state index is 11.3. The van der Waals surface area contributed by atoms with Crippen molar-refractivity contribution in [2.24, 2.45) is 0 Å². The van der Waals surface area contributed by atoms with Crippen molar-refractivity contribution in [3.05, 3.63) is 11.7 Å². The minimum absolute atomic E-state index is 0.0447. The summed E-state index contributed by atoms with van der Waals surface area (Å²) in [5, 5.41) is 4.25. The van der Waals surface area contributed by atoms with Gasteiger partial charge in [0.2, 0.25) is 5.89 Å².